The maximum absolute atomic E-state index is 13.4. The lowest BCUT2D eigenvalue weighted by molar-refractivity contribution is -0.128. The van der Waals surface area contributed by atoms with Gasteiger partial charge in [0.25, 0.3) is 0 Å². The molecule has 0 spiro atoms. The number of hydrogen-bond donors (Lipinski definition) is 2. The molecule has 1 amide bonds. The lowest BCUT2D eigenvalue weighted by Gasteiger charge is -2.42. The van der Waals surface area contributed by atoms with Crippen molar-refractivity contribution < 1.29 is 4.79 Å². The lowest BCUT2D eigenvalue weighted by atomic mass is 9.87. The second-order valence-corrected chi connectivity index (χ2v) is 15.1. The van der Waals surface area contributed by atoms with E-state index in [1.165, 1.54) is 19.3 Å². The van der Waals surface area contributed by atoms with E-state index in [0.717, 1.165) is 102 Å². The van der Waals surface area contributed by atoms with Gasteiger partial charge in [-0.1, -0.05) is 23.7 Å². The van der Waals surface area contributed by atoms with Crippen LogP contribution in [0, 0.1) is 30.1 Å². The van der Waals surface area contributed by atoms with Gasteiger partial charge in [-0.3, -0.25) is 9.78 Å². The van der Waals surface area contributed by atoms with Crippen LogP contribution in [-0.2, 0) is 4.79 Å². The fraction of sp³-hybridized carbons (Fsp3) is 0.528. The van der Waals surface area contributed by atoms with Gasteiger partial charge in [-0.05, 0) is 102 Å². The zero-order valence-corrected chi connectivity index (χ0v) is 28.0. The van der Waals surface area contributed by atoms with Crippen LogP contribution < -0.4 is 15.5 Å². The molecule has 244 valence electrons. The molecule has 4 aromatic heterocycles. The number of terminal acetylenes is 1. The first kappa shape index (κ1) is 30.3. The second-order valence-electron chi connectivity index (χ2n) is 14.2. The van der Waals surface area contributed by atoms with Gasteiger partial charge in [-0.25, -0.2) is 4.52 Å². The van der Waals surface area contributed by atoms with Crippen LogP contribution in [0.5, 0.6) is 0 Å². The maximum atomic E-state index is 13.4. The third-order valence-corrected chi connectivity index (χ3v) is 11.8. The van der Waals surface area contributed by atoms with Crippen molar-refractivity contribution >= 4 is 33.6 Å². The number of pyridine rings is 1. The molecule has 47 heavy (non-hydrogen) atoms. The van der Waals surface area contributed by atoms with Crippen LogP contribution in [0.15, 0.2) is 36.7 Å². The Balaban J connectivity index is 0.956. The summed E-state index contributed by atoms with van der Waals surface area (Å²) < 4.78 is 1.87. The van der Waals surface area contributed by atoms with Crippen LogP contribution in [0.3, 0.4) is 0 Å². The largest absolute Gasteiger partial charge is 0.382 e. The number of carbonyl (C=O) groups excluding carboxylic acids is 1. The highest BCUT2D eigenvalue weighted by Gasteiger charge is 2.44. The summed E-state index contributed by atoms with van der Waals surface area (Å²) >= 11 is 1.62. The van der Waals surface area contributed by atoms with Crippen LogP contribution in [0.2, 0.25) is 0 Å². The first-order chi connectivity index (χ1) is 22.9. The standard InChI is InChI=1S/C36H43N9OS/c1-4-23-16-28-10-11-32(45(28)38-18-23)31-17-30(39-22(2)3)29(19-37-31)35-41-42-36(47-35)44-20-25-8-9-26(21-44)33(25)40-34(46)24-12-14-43(15-13-24)27-6-5-7-27/h1,10-11,16-19,22,24-27,33H,5-9,12-15,20-21H2,2-3H3,(H,37,39)(H,40,46). The van der Waals surface area contributed by atoms with E-state index in [1.54, 1.807) is 17.5 Å². The molecule has 4 aromatic rings. The molecule has 4 fully saturated rings. The Morgan fingerprint density at radius 2 is 1.81 bits per heavy atom. The number of rotatable bonds is 8. The van der Waals surface area contributed by atoms with E-state index in [0.29, 0.717) is 11.8 Å². The van der Waals surface area contributed by atoms with E-state index in [2.05, 4.69) is 61.6 Å². The second kappa shape index (κ2) is 12.5. The van der Waals surface area contributed by atoms with Gasteiger partial charge < -0.3 is 20.4 Å². The van der Waals surface area contributed by atoms with E-state index < -0.39 is 0 Å². The minimum absolute atomic E-state index is 0.164. The summed E-state index contributed by atoms with van der Waals surface area (Å²) in [5.41, 5.74) is 5.27. The Morgan fingerprint density at radius 3 is 2.51 bits per heavy atom. The zero-order chi connectivity index (χ0) is 32.1. The van der Waals surface area contributed by atoms with Crippen molar-refractivity contribution in [1.82, 2.24) is 35.0 Å². The molecule has 0 aromatic carbocycles. The van der Waals surface area contributed by atoms with Gasteiger partial charge in [-0.2, -0.15) is 5.10 Å². The van der Waals surface area contributed by atoms with Crippen LogP contribution in [-0.4, -0.2) is 79.9 Å². The fourth-order valence-electron chi connectivity index (χ4n) is 8.10. The number of anilines is 2. The Morgan fingerprint density at radius 1 is 1.02 bits per heavy atom. The van der Waals surface area contributed by atoms with Gasteiger partial charge in [0.2, 0.25) is 11.0 Å². The molecule has 2 saturated heterocycles. The molecule has 2 unspecified atom stereocenters. The fourth-order valence-corrected chi connectivity index (χ4v) is 8.98. The van der Waals surface area contributed by atoms with Gasteiger partial charge in [0.05, 0.1) is 28.7 Å². The molecule has 2 bridgehead atoms. The quantitative estimate of drug-likeness (QED) is 0.248. The number of piperidine rings is 2. The van der Waals surface area contributed by atoms with Gasteiger partial charge in [-0.15, -0.1) is 16.6 Å². The summed E-state index contributed by atoms with van der Waals surface area (Å²) in [6.07, 6.45) is 17.5. The average molecular weight is 650 g/mol. The molecule has 2 atom stereocenters. The predicted molar refractivity (Wildman–Crippen MR) is 186 cm³/mol. The van der Waals surface area contributed by atoms with Crippen molar-refractivity contribution in [2.45, 2.75) is 76.9 Å². The van der Waals surface area contributed by atoms with E-state index in [1.807, 2.05) is 28.9 Å². The molecule has 6 heterocycles. The first-order valence-electron chi connectivity index (χ1n) is 17.3. The molecule has 2 saturated carbocycles. The first-order valence-corrected chi connectivity index (χ1v) is 18.1. The van der Waals surface area contributed by atoms with Crippen LogP contribution in [0.1, 0.15) is 64.4 Å². The van der Waals surface area contributed by atoms with E-state index in [9.17, 15) is 4.79 Å². The molecular weight excluding hydrogens is 607 g/mol. The van der Waals surface area contributed by atoms with Crippen molar-refractivity contribution in [3.8, 4) is 34.3 Å². The van der Waals surface area contributed by atoms with Crippen molar-refractivity contribution in [2.24, 2.45) is 17.8 Å². The third kappa shape index (κ3) is 5.87. The SMILES string of the molecule is C#Cc1cnn2c(-c3cc(NC(C)C)c(-c4nnc(N5CC6CCC(C5)C6NC(=O)C5CCN(C6CCC6)CC5)s4)cn3)ccc2c1. The lowest BCUT2D eigenvalue weighted by Crippen LogP contribution is -2.55. The Hall–Kier alpha value is -4.01. The van der Waals surface area contributed by atoms with Crippen LogP contribution in [0.4, 0.5) is 10.8 Å². The van der Waals surface area contributed by atoms with E-state index in [-0.39, 0.29) is 23.9 Å². The van der Waals surface area contributed by atoms with Crippen LogP contribution >= 0.6 is 11.3 Å². The molecule has 2 N–H and O–H groups in total. The van der Waals surface area contributed by atoms with Crippen molar-refractivity contribution in [3.63, 3.8) is 0 Å². The number of amides is 1. The molecule has 11 heteroatoms. The maximum Gasteiger partial charge on any atom is 0.223 e. The summed E-state index contributed by atoms with van der Waals surface area (Å²) in [5.74, 6) is 3.99. The molecule has 10 nitrogen and oxygen atoms in total. The Kier molecular flexibility index (Phi) is 8.10. The normalized spacial score (nSPS) is 23.6. The van der Waals surface area contributed by atoms with Gasteiger partial charge in [0.15, 0.2) is 5.01 Å². The minimum Gasteiger partial charge on any atom is -0.382 e. The smallest absolute Gasteiger partial charge is 0.223 e. The number of nitrogens with zero attached hydrogens (tertiary/aromatic N) is 7. The number of hydrogen-bond acceptors (Lipinski definition) is 9. The molecule has 4 aliphatic rings. The number of likely N-dealkylation sites (tertiary alicyclic amines) is 1. The molecular formula is C36H43N9OS. The number of aromatic nitrogens is 5. The number of nitrogens with one attached hydrogen (secondary N) is 2. The molecule has 0 radical (unpaired) electrons. The van der Waals surface area contributed by atoms with Crippen LogP contribution in [0.25, 0.3) is 27.5 Å². The monoisotopic (exact) mass is 649 g/mol. The summed E-state index contributed by atoms with van der Waals surface area (Å²) in [7, 11) is 0. The third-order valence-electron chi connectivity index (χ3n) is 10.8. The highest BCUT2D eigenvalue weighted by molar-refractivity contribution is 7.18. The van der Waals surface area contributed by atoms with E-state index >= 15 is 0 Å². The topological polar surface area (TPSA) is 104 Å². The Bertz CT molecular complexity index is 1800. The van der Waals surface area contributed by atoms with Crippen molar-refractivity contribution in [3.05, 3.63) is 42.2 Å². The highest BCUT2D eigenvalue weighted by Crippen LogP contribution is 2.42. The van der Waals surface area contributed by atoms with E-state index in [4.69, 9.17) is 11.4 Å². The highest BCUT2D eigenvalue weighted by atomic mass is 32.1. The minimum atomic E-state index is 0.164. The molecule has 2 aliphatic heterocycles. The van der Waals surface area contributed by atoms with Crippen molar-refractivity contribution in [2.75, 3.05) is 36.4 Å². The summed E-state index contributed by atoms with van der Waals surface area (Å²) in [4.78, 5) is 23.2. The Labute approximate surface area is 280 Å². The summed E-state index contributed by atoms with van der Waals surface area (Å²) in [5, 5.41) is 22.8. The summed E-state index contributed by atoms with van der Waals surface area (Å²) in [6.45, 7) is 8.22. The number of fused-ring (bicyclic) bond motifs is 3. The zero-order valence-electron chi connectivity index (χ0n) is 27.2. The average Bonchev–Trinajstić information content (AvgIpc) is 3.76. The molecule has 8 rings (SSSR count). The van der Waals surface area contributed by atoms with Crippen molar-refractivity contribution in [1.29, 1.82) is 0 Å². The van der Waals surface area contributed by atoms with Gasteiger partial charge in [0.1, 0.15) is 0 Å². The van der Waals surface area contributed by atoms with Gasteiger partial charge >= 0.3 is 0 Å². The molecule has 2 aliphatic carbocycles. The van der Waals surface area contributed by atoms with Gasteiger partial charge in [0, 0.05) is 54.6 Å². The summed E-state index contributed by atoms with van der Waals surface area (Å²) in [6, 6.07) is 9.31. The number of carbonyl (C=O) groups is 1. The predicted octanol–water partition coefficient (Wildman–Crippen LogP) is 5.31.